The molecule has 8 nitrogen and oxygen atoms in total. The molecule has 1 aliphatic rings. The van der Waals surface area contributed by atoms with Crippen molar-refractivity contribution in [3.63, 3.8) is 0 Å². The van der Waals surface area contributed by atoms with Crippen molar-refractivity contribution in [3.8, 4) is 11.6 Å². The molecule has 1 atom stereocenters. The van der Waals surface area contributed by atoms with Gasteiger partial charge in [-0.2, -0.15) is 0 Å². The lowest BCUT2D eigenvalue weighted by atomic mass is 9.99. The number of nitrogens with zero attached hydrogens (tertiary/aromatic N) is 3. The Balaban J connectivity index is 1.47. The minimum Gasteiger partial charge on any atom is -0.506 e. The van der Waals surface area contributed by atoms with E-state index in [0.29, 0.717) is 30.7 Å². The number of aryl methyl sites for hydroxylation is 1. The van der Waals surface area contributed by atoms with E-state index in [1.54, 1.807) is 10.7 Å². The third-order valence-corrected chi connectivity index (χ3v) is 5.00. The number of aromatic hydroxyl groups is 1. The molecule has 1 aliphatic heterocycles. The van der Waals surface area contributed by atoms with Gasteiger partial charge in [-0.15, -0.1) is 5.10 Å². The number of nitrogens with one attached hydrogen (secondary N) is 1. The molecular formula is C21H24N4O4. The number of amides is 1. The van der Waals surface area contributed by atoms with Crippen LogP contribution in [0.3, 0.4) is 0 Å². The summed E-state index contributed by atoms with van der Waals surface area (Å²) in [4.78, 5) is 16.3. The summed E-state index contributed by atoms with van der Waals surface area (Å²) in [7, 11) is 1.84. The minimum atomic E-state index is -0.355. The summed E-state index contributed by atoms with van der Waals surface area (Å²) in [6.45, 7) is 5.43. The SMILES string of the molecule is Cn1nc(OCC2COC(C)(C)C2)c2ccc(NC(=O)c3ccc(O)cn3)cc21. The van der Waals surface area contributed by atoms with Crippen molar-refractivity contribution in [2.45, 2.75) is 25.9 Å². The highest BCUT2D eigenvalue weighted by molar-refractivity contribution is 6.04. The highest BCUT2D eigenvalue weighted by atomic mass is 16.5. The zero-order chi connectivity index (χ0) is 20.6. The van der Waals surface area contributed by atoms with Gasteiger partial charge in [-0.05, 0) is 50.6 Å². The van der Waals surface area contributed by atoms with Crippen molar-refractivity contribution in [2.75, 3.05) is 18.5 Å². The van der Waals surface area contributed by atoms with Crippen LogP contribution in [0, 0.1) is 5.92 Å². The Morgan fingerprint density at radius 2 is 2.21 bits per heavy atom. The van der Waals surface area contributed by atoms with E-state index in [-0.39, 0.29) is 23.0 Å². The lowest BCUT2D eigenvalue weighted by Crippen LogP contribution is -2.18. The highest BCUT2D eigenvalue weighted by Crippen LogP contribution is 2.31. The largest absolute Gasteiger partial charge is 0.506 e. The number of anilines is 1. The molecule has 4 rings (SSSR count). The van der Waals surface area contributed by atoms with Crippen LogP contribution < -0.4 is 10.1 Å². The van der Waals surface area contributed by atoms with Gasteiger partial charge in [0, 0.05) is 18.7 Å². The lowest BCUT2D eigenvalue weighted by molar-refractivity contribution is 0.0340. The Hall–Kier alpha value is -3.13. The van der Waals surface area contributed by atoms with Gasteiger partial charge in [0.05, 0.1) is 35.9 Å². The van der Waals surface area contributed by atoms with Crippen molar-refractivity contribution in [1.82, 2.24) is 14.8 Å². The number of fused-ring (bicyclic) bond motifs is 1. The second-order valence-corrected chi connectivity index (χ2v) is 7.97. The maximum Gasteiger partial charge on any atom is 0.274 e. The van der Waals surface area contributed by atoms with E-state index in [9.17, 15) is 9.90 Å². The fourth-order valence-corrected chi connectivity index (χ4v) is 3.58. The first kappa shape index (κ1) is 19.2. The zero-order valence-corrected chi connectivity index (χ0v) is 16.7. The summed E-state index contributed by atoms with van der Waals surface area (Å²) in [5, 5.41) is 17.5. The molecule has 0 spiro atoms. The Labute approximate surface area is 168 Å². The number of aromatic nitrogens is 3. The molecule has 2 aromatic heterocycles. The third kappa shape index (κ3) is 4.17. The fraction of sp³-hybridized carbons (Fsp3) is 0.381. The maximum absolute atomic E-state index is 12.3. The normalized spacial score (nSPS) is 18.1. The average molecular weight is 396 g/mol. The molecule has 0 aliphatic carbocycles. The highest BCUT2D eigenvalue weighted by Gasteiger charge is 2.32. The predicted octanol–water partition coefficient (Wildman–Crippen LogP) is 3.12. The van der Waals surface area contributed by atoms with Crippen LogP contribution in [0.5, 0.6) is 11.6 Å². The molecule has 2 N–H and O–H groups in total. The van der Waals surface area contributed by atoms with Crippen LogP contribution in [0.15, 0.2) is 36.5 Å². The van der Waals surface area contributed by atoms with Gasteiger partial charge in [-0.1, -0.05) is 0 Å². The van der Waals surface area contributed by atoms with Crippen LogP contribution in [-0.2, 0) is 11.8 Å². The number of ether oxygens (including phenoxy) is 2. The van der Waals surface area contributed by atoms with Gasteiger partial charge < -0.3 is 19.9 Å². The molecule has 1 unspecified atom stereocenters. The molecule has 1 saturated heterocycles. The predicted molar refractivity (Wildman–Crippen MR) is 108 cm³/mol. The van der Waals surface area contributed by atoms with Crippen molar-refractivity contribution in [1.29, 1.82) is 0 Å². The van der Waals surface area contributed by atoms with Gasteiger partial charge in [0.25, 0.3) is 5.91 Å². The molecule has 29 heavy (non-hydrogen) atoms. The molecule has 1 fully saturated rings. The number of benzene rings is 1. The van der Waals surface area contributed by atoms with Gasteiger partial charge in [0.15, 0.2) is 0 Å². The van der Waals surface area contributed by atoms with E-state index >= 15 is 0 Å². The molecule has 1 amide bonds. The molecule has 1 aromatic carbocycles. The van der Waals surface area contributed by atoms with Crippen LogP contribution in [-0.4, -0.2) is 44.6 Å². The van der Waals surface area contributed by atoms with Crippen molar-refractivity contribution in [2.24, 2.45) is 13.0 Å². The number of rotatable bonds is 5. The molecule has 8 heteroatoms. The number of hydrogen-bond donors (Lipinski definition) is 2. The molecule has 0 bridgehead atoms. The van der Waals surface area contributed by atoms with Crippen LogP contribution >= 0.6 is 0 Å². The number of carbonyl (C=O) groups is 1. The third-order valence-electron chi connectivity index (χ3n) is 5.00. The summed E-state index contributed by atoms with van der Waals surface area (Å²) in [5.41, 5.74) is 1.59. The van der Waals surface area contributed by atoms with Crippen molar-refractivity contribution >= 4 is 22.5 Å². The van der Waals surface area contributed by atoms with E-state index in [1.165, 1.54) is 18.3 Å². The summed E-state index contributed by atoms with van der Waals surface area (Å²) in [6.07, 6.45) is 2.19. The van der Waals surface area contributed by atoms with E-state index in [2.05, 4.69) is 29.2 Å². The van der Waals surface area contributed by atoms with E-state index < -0.39 is 0 Å². The quantitative estimate of drug-likeness (QED) is 0.688. The average Bonchev–Trinajstić information content (AvgIpc) is 3.19. The fourth-order valence-electron chi connectivity index (χ4n) is 3.58. The van der Waals surface area contributed by atoms with Gasteiger partial charge in [-0.25, -0.2) is 4.98 Å². The molecule has 3 aromatic rings. The number of hydrogen-bond acceptors (Lipinski definition) is 6. The first-order valence-electron chi connectivity index (χ1n) is 9.51. The number of pyridine rings is 1. The number of carbonyl (C=O) groups excluding carboxylic acids is 1. The van der Waals surface area contributed by atoms with Gasteiger partial charge in [0.2, 0.25) is 5.88 Å². The minimum absolute atomic E-state index is 0.0121. The summed E-state index contributed by atoms with van der Waals surface area (Å²) >= 11 is 0. The van der Waals surface area contributed by atoms with E-state index in [1.807, 2.05) is 19.2 Å². The van der Waals surface area contributed by atoms with Gasteiger partial charge >= 0.3 is 0 Å². The summed E-state index contributed by atoms with van der Waals surface area (Å²) < 4.78 is 13.5. The standard InChI is InChI=1S/C21H24N4O4/c1-21(2)9-13(12-29-21)11-28-20-16-6-4-14(8-18(16)25(3)24-20)23-19(27)17-7-5-15(26)10-22-17/h4-8,10,13,26H,9,11-12H2,1-3H3,(H,23,27). The van der Waals surface area contributed by atoms with Crippen LogP contribution in [0.1, 0.15) is 30.8 Å². The molecule has 152 valence electrons. The first-order valence-corrected chi connectivity index (χ1v) is 9.51. The summed E-state index contributed by atoms with van der Waals surface area (Å²) in [5.74, 6) is 0.577. The molecule has 0 radical (unpaired) electrons. The van der Waals surface area contributed by atoms with Crippen LogP contribution in [0.25, 0.3) is 10.9 Å². The zero-order valence-electron chi connectivity index (χ0n) is 16.7. The van der Waals surface area contributed by atoms with Crippen molar-refractivity contribution in [3.05, 3.63) is 42.2 Å². The monoisotopic (exact) mass is 396 g/mol. The van der Waals surface area contributed by atoms with Gasteiger partial charge in [-0.3, -0.25) is 9.48 Å². The second kappa shape index (κ2) is 7.36. The topological polar surface area (TPSA) is 98.5 Å². The van der Waals surface area contributed by atoms with Crippen LogP contribution in [0.2, 0.25) is 0 Å². The van der Waals surface area contributed by atoms with E-state index in [0.717, 1.165) is 17.3 Å². The van der Waals surface area contributed by atoms with E-state index in [4.69, 9.17) is 9.47 Å². The Morgan fingerprint density at radius 3 is 2.90 bits per heavy atom. The molecule has 0 saturated carbocycles. The molecular weight excluding hydrogens is 372 g/mol. The second-order valence-electron chi connectivity index (χ2n) is 7.97. The molecule has 3 heterocycles. The maximum atomic E-state index is 12.3. The van der Waals surface area contributed by atoms with Crippen molar-refractivity contribution < 1.29 is 19.4 Å². The summed E-state index contributed by atoms with van der Waals surface area (Å²) in [6, 6.07) is 8.42. The smallest absolute Gasteiger partial charge is 0.274 e. The lowest BCUT2D eigenvalue weighted by Gasteiger charge is -2.15. The van der Waals surface area contributed by atoms with Gasteiger partial charge in [0.1, 0.15) is 11.4 Å². The Kier molecular flexibility index (Phi) is 4.87. The van der Waals surface area contributed by atoms with Crippen LogP contribution in [0.4, 0.5) is 5.69 Å². The first-order chi connectivity index (χ1) is 13.8. The Bertz CT molecular complexity index is 1040. The Morgan fingerprint density at radius 1 is 1.38 bits per heavy atom.